The molecule has 7 heteroatoms. The predicted octanol–water partition coefficient (Wildman–Crippen LogP) is 3.95. The maximum atomic E-state index is 12.2. The smallest absolute Gasteiger partial charge is 0.351 e. The SMILES string of the molecule is CCOC(=O)c1cc2ccc(OC(=O)c3ccc(Br)cc3)cc2oc1=O. The second kappa shape index (κ2) is 7.53. The van der Waals surface area contributed by atoms with E-state index in [1.54, 1.807) is 43.3 Å². The Bertz CT molecular complexity index is 1040. The van der Waals surface area contributed by atoms with Gasteiger partial charge in [-0.15, -0.1) is 0 Å². The van der Waals surface area contributed by atoms with Gasteiger partial charge >= 0.3 is 17.6 Å². The van der Waals surface area contributed by atoms with Crippen LogP contribution in [0.2, 0.25) is 0 Å². The van der Waals surface area contributed by atoms with Gasteiger partial charge in [-0.05, 0) is 49.4 Å². The van der Waals surface area contributed by atoms with Crippen LogP contribution in [0.15, 0.2) is 62.2 Å². The van der Waals surface area contributed by atoms with E-state index < -0.39 is 17.6 Å². The van der Waals surface area contributed by atoms with Crippen molar-refractivity contribution in [3.63, 3.8) is 0 Å². The molecule has 0 atom stereocenters. The molecule has 0 bridgehead atoms. The van der Waals surface area contributed by atoms with Gasteiger partial charge in [-0.2, -0.15) is 0 Å². The number of benzene rings is 2. The first-order valence-electron chi connectivity index (χ1n) is 7.70. The minimum atomic E-state index is -0.813. The van der Waals surface area contributed by atoms with Crippen LogP contribution in [0.25, 0.3) is 11.0 Å². The van der Waals surface area contributed by atoms with Crippen molar-refractivity contribution in [3.8, 4) is 5.75 Å². The average Bonchev–Trinajstić information content (AvgIpc) is 2.61. The number of halogens is 1. The zero-order valence-corrected chi connectivity index (χ0v) is 15.2. The van der Waals surface area contributed by atoms with Crippen LogP contribution >= 0.6 is 15.9 Å². The Morgan fingerprint density at radius 2 is 1.77 bits per heavy atom. The van der Waals surface area contributed by atoms with Gasteiger partial charge in [0.05, 0.1) is 12.2 Å². The molecule has 0 radical (unpaired) electrons. The monoisotopic (exact) mass is 416 g/mol. The van der Waals surface area contributed by atoms with Crippen molar-refractivity contribution < 1.29 is 23.5 Å². The summed E-state index contributed by atoms with van der Waals surface area (Å²) in [4.78, 5) is 35.9. The maximum Gasteiger partial charge on any atom is 0.351 e. The second-order valence-electron chi connectivity index (χ2n) is 5.26. The lowest BCUT2D eigenvalue weighted by Crippen LogP contribution is -2.16. The number of hydrogen-bond acceptors (Lipinski definition) is 6. The number of ether oxygens (including phenoxy) is 2. The highest BCUT2D eigenvalue weighted by Gasteiger charge is 2.16. The second-order valence-corrected chi connectivity index (χ2v) is 6.18. The van der Waals surface area contributed by atoms with E-state index >= 15 is 0 Å². The van der Waals surface area contributed by atoms with Crippen molar-refractivity contribution in [2.75, 3.05) is 6.61 Å². The largest absolute Gasteiger partial charge is 0.462 e. The Morgan fingerprint density at radius 3 is 2.46 bits per heavy atom. The molecule has 0 aliphatic rings. The first kappa shape index (κ1) is 17.9. The van der Waals surface area contributed by atoms with Gasteiger partial charge in [-0.25, -0.2) is 14.4 Å². The van der Waals surface area contributed by atoms with Crippen molar-refractivity contribution >= 4 is 38.8 Å². The number of carbonyl (C=O) groups is 2. The fraction of sp³-hybridized carbons (Fsp3) is 0.105. The summed E-state index contributed by atoms with van der Waals surface area (Å²) >= 11 is 3.29. The molecule has 132 valence electrons. The van der Waals surface area contributed by atoms with E-state index in [0.717, 1.165) is 4.47 Å². The molecule has 2 aromatic carbocycles. The van der Waals surface area contributed by atoms with Crippen molar-refractivity contribution in [1.82, 2.24) is 0 Å². The van der Waals surface area contributed by atoms with Gasteiger partial charge in [0.15, 0.2) is 0 Å². The average molecular weight is 417 g/mol. The van der Waals surface area contributed by atoms with Crippen molar-refractivity contribution in [2.45, 2.75) is 6.92 Å². The van der Waals surface area contributed by atoms with E-state index in [-0.39, 0.29) is 23.5 Å². The number of hydrogen-bond donors (Lipinski definition) is 0. The Hall–Kier alpha value is -2.93. The molecule has 0 fully saturated rings. The highest BCUT2D eigenvalue weighted by atomic mass is 79.9. The fourth-order valence-electron chi connectivity index (χ4n) is 2.26. The Kier molecular flexibility index (Phi) is 5.18. The first-order chi connectivity index (χ1) is 12.5. The zero-order chi connectivity index (χ0) is 18.7. The van der Waals surface area contributed by atoms with Gasteiger partial charge in [0.1, 0.15) is 16.9 Å². The topological polar surface area (TPSA) is 82.8 Å². The van der Waals surface area contributed by atoms with Crippen LogP contribution < -0.4 is 10.4 Å². The van der Waals surface area contributed by atoms with Crippen LogP contribution in [-0.4, -0.2) is 18.5 Å². The molecule has 0 N–H and O–H groups in total. The summed E-state index contributed by atoms with van der Waals surface area (Å²) in [7, 11) is 0. The van der Waals surface area contributed by atoms with Crippen molar-refractivity contribution in [1.29, 1.82) is 0 Å². The van der Waals surface area contributed by atoms with Crippen LogP contribution in [0.4, 0.5) is 0 Å². The van der Waals surface area contributed by atoms with Crippen LogP contribution in [0.1, 0.15) is 27.6 Å². The maximum absolute atomic E-state index is 12.2. The molecule has 0 aliphatic heterocycles. The van der Waals surface area contributed by atoms with E-state index in [2.05, 4.69) is 15.9 Å². The van der Waals surface area contributed by atoms with Crippen molar-refractivity contribution in [3.05, 3.63) is 74.6 Å². The lowest BCUT2D eigenvalue weighted by atomic mass is 10.2. The number of carbonyl (C=O) groups excluding carboxylic acids is 2. The summed E-state index contributed by atoms with van der Waals surface area (Å²) in [6.07, 6.45) is 0. The quantitative estimate of drug-likeness (QED) is 0.363. The first-order valence-corrected chi connectivity index (χ1v) is 8.50. The summed E-state index contributed by atoms with van der Waals surface area (Å²) < 4.78 is 16.1. The number of fused-ring (bicyclic) bond motifs is 1. The Balaban J connectivity index is 1.88. The molecule has 0 amide bonds. The standard InChI is InChI=1S/C19H13BrO6/c1-2-24-18(22)15-9-12-5-8-14(10-16(12)26-19(15)23)25-17(21)11-3-6-13(20)7-4-11/h3-10H,2H2,1H3. The highest BCUT2D eigenvalue weighted by Crippen LogP contribution is 2.22. The minimum Gasteiger partial charge on any atom is -0.462 e. The van der Waals surface area contributed by atoms with Gasteiger partial charge in [0, 0.05) is 15.9 Å². The lowest BCUT2D eigenvalue weighted by Gasteiger charge is -2.06. The minimum absolute atomic E-state index is 0.154. The van der Waals surface area contributed by atoms with Gasteiger partial charge in [0.25, 0.3) is 0 Å². The van der Waals surface area contributed by atoms with Crippen LogP contribution in [0.3, 0.4) is 0 Å². The molecule has 1 heterocycles. The van der Waals surface area contributed by atoms with Crippen LogP contribution in [0, 0.1) is 0 Å². The third kappa shape index (κ3) is 3.83. The zero-order valence-electron chi connectivity index (χ0n) is 13.7. The molecule has 3 aromatic rings. The van der Waals surface area contributed by atoms with Gasteiger partial charge < -0.3 is 13.9 Å². The molecule has 0 saturated carbocycles. The molecule has 3 rings (SSSR count). The van der Waals surface area contributed by atoms with E-state index in [1.165, 1.54) is 12.1 Å². The highest BCUT2D eigenvalue weighted by molar-refractivity contribution is 9.10. The third-order valence-electron chi connectivity index (χ3n) is 3.49. The van der Waals surface area contributed by atoms with Gasteiger partial charge in [0.2, 0.25) is 0 Å². The van der Waals surface area contributed by atoms with E-state index in [1.807, 2.05) is 0 Å². The molecular weight excluding hydrogens is 404 g/mol. The van der Waals surface area contributed by atoms with E-state index in [0.29, 0.717) is 10.9 Å². The Labute approximate surface area is 156 Å². The molecule has 0 saturated heterocycles. The number of esters is 2. The molecule has 0 unspecified atom stereocenters. The Morgan fingerprint density at radius 1 is 1.04 bits per heavy atom. The molecule has 26 heavy (non-hydrogen) atoms. The van der Waals surface area contributed by atoms with Crippen molar-refractivity contribution in [2.24, 2.45) is 0 Å². The summed E-state index contributed by atoms with van der Waals surface area (Å²) in [5.41, 5.74) is -0.414. The summed E-state index contributed by atoms with van der Waals surface area (Å²) in [5, 5.41) is 0.510. The molecular formula is C19H13BrO6. The lowest BCUT2D eigenvalue weighted by molar-refractivity contribution is 0.0521. The predicted molar refractivity (Wildman–Crippen MR) is 97.5 cm³/mol. The van der Waals surface area contributed by atoms with Crippen LogP contribution in [-0.2, 0) is 4.74 Å². The third-order valence-corrected chi connectivity index (χ3v) is 4.02. The van der Waals surface area contributed by atoms with Crippen LogP contribution in [0.5, 0.6) is 5.75 Å². The van der Waals surface area contributed by atoms with E-state index in [4.69, 9.17) is 13.9 Å². The molecule has 0 spiro atoms. The van der Waals surface area contributed by atoms with Gasteiger partial charge in [-0.3, -0.25) is 0 Å². The molecule has 0 aliphatic carbocycles. The number of rotatable bonds is 4. The molecule has 6 nitrogen and oxygen atoms in total. The van der Waals surface area contributed by atoms with Gasteiger partial charge in [-0.1, -0.05) is 15.9 Å². The summed E-state index contributed by atoms with van der Waals surface area (Å²) in [6.45, 7) is 1.80. The summed E-state index contributed by atoms with van der Waals surface area (Å²) in [6, 6.07) is 12.7. The fourth-order valence-corrected chi connectivity index (χ4v) is 2.52. The summed E-state index contributed by atoms with van der Waals surface area (Å²) in [5.74, 6) is -1.06. The normalized spacial score (nSPS) is 10.5. The molecule has 1 aromatic heterocycles. The van der Waals surface area contributed by atoms with E-state index in [9.17, 15) is 14.4 Å².